The predicted octanol–water partition coefficient (Wildman–Crippen LogP) is 0.216. The SMILES string of the molecule is CCCS(=O)(=O)NC(=O)C(N)CC(C)C. The molecule has 15 heavy (non-hydrogen) atoms. The summed E-state index contributed by atoms with van der Waals surface area (Å²) in [6, 6.07) is -0.753. The number of sulfonamides is 1. The molecule has 3 N–H and O–H groups in total. The number of nitrogens with one attached hydrogen (secondary N) is 1. The summed E-state index contributed by atoms with van der Waals surface area (Å²) in [5.74, 6) is -0.399. The zero-order chi connectivity index (χ0) is 12.1. The number of nitrogens with two attached hydrogens (primary N) is 1. The van der Waals surface area contributed by atoms with Crippen molar-refractivity contribution in [1.82, 2.24) is 4.72 Å². The molecule has 0 spiro atoms. The fraction of sp³-hybridized carbons (Fsp3) is 0.889. The van der Waals surface area contributed by atoms with Crippen LogP contribution in [0, 0.1) is 5.92 Å². The second kappa shape index (κ2) is 6.07. The van der Waals surface area contributed by atoms with Crippen LogP contribution in [0.2, 0.25) is 0 Å². The van der Waals surface area contributed by atoms with Gasteiger partial charge in [-0.3, -0.25) is 9.52 Å². The first-order valence-corrected chi connectivity index (χ1v) is 6.73. The van der Waals surface area contributed by atoms with Crippen molar-refractivity contribution in [2.75, 3.05) is 5.75 Å². The van der Waals surface area contributed by atoms with Crippen LogP contribution in [0.4, 0.5) is 0 Å². The lowest BCUT2D eigenvalue weighted by molar-refractivity contribution is -0.120. The third-order valence-electron chi connectivity index (χ3n) is 1.79. The standard InChI is InChI=1S/C9H20N2O3S/c1-4-5-15(13,14)11-9(12)8(10)6-7(2)3/h7-8H,4-6,10H2,1-3H3,(H,11,12). The van der Waals surface area contributed by atoms with Gasteiger partial charge in [-0.15, -0.1) is 0 Å². The lowest BCUT2D eigenvalue weighted by Crippen LogP contribution is -2.44. The van der Waals surface area contributed by atoms with Crippen LogP contribution in [0.1, 0.15) is 33.6 Å². The maximum absolute atomic E-state index is 11.4. The van der Waals surface area contributed by atoms with Crippen LogP contribution < -0.4 is 10.5 Å². The van der Waals surface area contributed by atoms with Crippen molar-refractivity contribution >= 4 is 15.9 Å². The Kier molecular flexibility index (Phi) is 5.82. The predicted molar refractivity (Wildman–Crippen MR) is 59.7 cm³/mol. The molecule has 6 heteroatoms. The molecule has 0 bridgehead atoms. The molecule has 0 saturated carbocycles. The molecule has 0 aliphatic rings. The van der Waals surface area contributed by atoms with Crippen molar-refractivity contribution in [3.05, 3.63) is 0 Å². The van der Waals surface area contributed by atoms with Crippen molar-refractivity contribution < 1.29 is 13.2 Å². The van der Waals surface area contributed by atoms with Crippen molar-refractivity contribution in [2.45, 2.75) is 39.7 Å². The van der Waals surface area contributed by atoms with Crippen LogP contribution in [0.3, 0.4) is 0 Å². The van der Waals surface area contributed by atoms with Crippen LogP contribution in [-0.4, -0.2) is 26.1 Å². The maximum atomic E-state index is 11.4. The van der Waals surface area contributed by atoms with Gasteiger partial charge < -0.3 is 5.73 Å². The highest BCUT2D eigenvalue weighted by Gasteiger charge is 2.20. The molecule has 0 aromatic rings. The van der Waals surface area contributed by atoms with Crippen LogP contribution in [0.25, 0.3) is 0 Å². The van der Waals surface area contributed by atoms with Gasteiger partial charge in [0.25, 0.3) is 0 Å². The Balaban J connectivity index is 4.24. The zero-order valence-corrected chi connectivity index (χ0v) is 10.3. The monoisotopic (exact) mass is 236 g/mol. The minimum absolute atomic E-state index is 0.0485. The van der Waals surface area contributed by atoms with Gasteiger partial charge >= 0.3 is 0 Å². The maximum Gasteiger partial charge on any atom is 0.250 e. The summed E-state index contributed by atoms with van der Waals surface area (Å²) in [5, 5.41) is 0. The number of amides is 1. The fourth-order valence-corrected chi connectivity index (χ4v) is 2.26. The molecular weight excluding hydrogens is 216 g/mol. The van der Waals surface area contributed by atoms with E-state index in [1.165, 1.54) is 0 Å². The van der Waals surface area contributed by atoms with Crippen LogP contribution >= 0.6 is 0 Å². The highest BCUT2D eigenvalue weighted by molar-refractivity contribution is 7.90. The van der Waals surface area contributed by atoms with Gasteiger partial charge in [-0.25, -0.2) is 8.42 Å². The molecule has 5 nitrogen and oxygen atoms in total. The van der Waals surface area contributed by atoms with Gasteiger partial charge in [0.2, 0.25) is 15.9 Å². The van der Waals surface area contributed by atoms with E-state index in [4.69, 9.17) is 5.73 Å². The summed E-state index contributed by atoms with van der Waals surface area (Å²) in [7, 11) is -3.49. The highest BCUT2D eigenvalue weighted by atomic mass is 32.2. The molecular formula is C9H20N2O3S. The van der Waals surface area contributed by atoms with E-state index in [1.54, 1.807) is 6.92 Å². The van der Waals surface area contributed by atoms with Crippen molar-refractivity contribution in [3.63, 3.8) is 0 Å². The zero-order valence-electron chi connectivity index (χ0n) is 9.49. The van der Waals surface area contributed by atoms with Crippen LogP contribution in [0.15, 0.2) is 0 Å². The Morgan fingerprint density at radius 1 is 1.40 bits per heavy atom. The van der Waals surface area contributed by atoms with E-state index in [-0.39, 0.29) is 11.7 Å². The molecule has 0 rings (SSSR count). The number of carbonyl (C=O) groups is 1. The third kappa shape index (κ3) is 6.46. The van der Waals surface area contributed by atoms with Gasteiger partial charge in [0, 0.05) is 0 Å². The van der Waals surface area contributed by atoms with Gasteiger partial charge in [0.15, 0.2) is 0 Å². The topological polar surface area (TPSA) is 89.3 Å². The third-order valence-corrected chi connectivity index (χ3v) is 3.25. The Labute approximate surface area is 91.5 Å². The molecule has 1 atom stereocenters. The second-order valence-corrected chi connectivity index (χ2v) is 5.86. The van der Waals surface area contributed by atoms with Crippen molar-refractivity contribution in [3.8, 4) is 0 Å². The highest BCUT2D eigenvalue weighted by Crippen LogP contribution is 2.03. The molecule has 0 radical (unpaired) electrons. The van der Waals surface area contributed by atoms with E-state index in [2.05, 4.69) is 0 Å². The van der Waals surface area contributed by atoms with Gasteiger partial charge in [-0.2, -0.15) is 0 Å². The fourth-order valence-electron chi connectivity index (χ4n) is 1.16. The van der Waals surface area contributed by atoms with Gasteiger partial charge in [0.1, 0.15) is 0 Å². The number of hydrogen-bond acceptors (Lipinski definition) is 4. The molecule has 0 aliphatic heterocycles. The van der Waals surface area contributed by atoms with Crippen molar-refractivity contribution in [2.24, 2.45) is 11.7 Å². The Morgan fingerprint density at radius 3 is 2.33 bits per heavy atom. The molecule has 1 amide bonds. The van der Waals surface area contributed by atoms with E-state index < -0.39 is 22.0 Å². The average Bonchev–Trinajstić information content (AvgIpc) is 2.01. The van der Waals surface area contributed by atoms with E-state index in [9.17, 15) is 13.2 Å². The summed E-state index contributed by atoms with van der Waals surface area (Å²) in [5.41, 5.74) is 5.55. The molecule has 0 fully saturated rings. The summed E-state index contributed by atoms with van der Waals surface area (Å²) in [6.45, 7) is 5.58. The minimum atomic E-state index is -3.49. The van der Waals surface area contributed by atoms with Crippen LogP contribution in [-0.2, 0) is 14.8 Å². The molecule has 0 aliphatic carbocycles. The minimum Gasteiger partial charge on any atom is -0.320 e. The first-order valence-electron chi connectivity index (χ1n) is 5.08. The Morgan fingerprint density at radius 2 is 1.93 bits per heavy atom. The number of carbonyl (C=O) groups excluding carboxylic acids is 1. The van der Waals surface area contributed by atoms with E-state index in [1.807, 2.05) is 18.6 Å². The Hall–Kier alpha value is -0.620. The number of hydrogen-bond donors (Lipinski definition) is 2. The first-order chi connectivity index (χ1) is 6.78. The lowest BCUT2D eigenvalue weighted by atomic mass is 10.0. The largest absolute Gasteiger partial charge is 0.320 e. The van der Waals surface area contributed by atoms with Gasteiger partial charge in [0.05, 0.1) is 11.8 Å². The lowest BCUT2D eigenvalue weighted by Gasteiger charge is -2.13. The van der Waals surface area contributed by atoms with E-state index >= 15 is 0 Å². The summed E-state index contributed by atoms with van der Waals surface area (Å²) in [4.78, 5) is 11.4. The van der Waals surface area contributed by atoms with Crippen molar-refractivity contribution in [1.29, 1.82) is 0 Å². The molecule has 90 valence electrons. The second-order valence-electron chi connectivity index (χ2n) is 4.02. The molecule has 1 unspecified atom stereocenters. The Bertz CT molecular complexity index is 298. The molecule has 0 aromatic carbocycles. The van der Waals surface area contributed by atoms with E-state index in [0.29, 0.717) is 12.8 Å². The van der Waals surface area contributed by atoms with E-state index in [0.717, 1.165) is 0 Å². The summed E-state index contributed by atoms with van der Waals surface area (Å²) in [6.07, 6.45) is 0.954. The number of rotatable bonds is 6. The summed E-state index contributed by atoms with van der Waals surface area (Å²) >= 11 is 0. The normalized spacial score (nSPS) is 13.9. The molecule has 0 aromatic heterocycles. The quantitative estimate of drug-likeness (QED) is 0.690. The molecule has 0 saturated heterocycles. The smallest absolute Gasteiger partial charge is 0.250 e. The molecule has 0 heterocycles. The summed E-state index contributed by atoms with van der Waals surface area (Å²) < 4.78 is 24.5. The van der Waals surface area contributed by atoms with Gasteiger partial charge in [-0.1, -0.05) is 20.8 Å². The average molecular weight is 236 g/mol. The van der Waals surface area contributed by atoms with Gasteiger partial charge in [-0.05, 0) is 18.8 Å². The first kappa shape index (κ1) is 14.4. The van der Waals surface area contributed by atoms with Crippen LogP contribution in [0.5, 0.6) is 0 Å².